The van der Waals surface area contributed by atoms with Gasteiger partial charge in [-0.1, -0.05) is 24.3 Å². The second-order valence-electron chi connectivity index (χ2n) is 6.99. The fourth-order valence-electron chi connectivity index (χ4n) is 4.12. The predicted molar refractivity (Wildman–Crippen MR) is 99.9 cm³/mol. The molecule has 1 fully saturated rings. The average molecular weight is 361 g/mol. The van der Waals surface area contributed by atoms with Crippen LogP contribution in [-0.4, -0.2) is 35.3 Å². The van der Waals surface area contributed by atoms with Gasteiger partial charge in [-0.15, -0.1) is 12.4 Å². The molecule has 1 aliphatic carbocycles. The lowest BCUT2D eigenvalue weighted by molar-refractivity contribution is -0.132. The van der Waals surface area contributed by atoms with Crippen LogP contribution in [0.15, 0.2) is 42.7 Å². The number of hydrogen-bond acceptors (Lipinski definition) is 3. The number of aromatic nitrogens is 2. The minimum Gasteiger partial charge on any atom is -0.354 e. The summed E-state index contributed by atoms with van der Waals surface area (Å²) in [7, 11) is 0. The van der Waals surface area contributed by atoms with Crippen molar-refractivity contribution in [2.24, 2.45) is 5.92 Å². The van der Waals surface area contributed by atoms with Gasteiger partial charge in [0, 0.05) is 18.9 Å². The van der Waals surface area contributed by atoms with Crippen LogP contribution in [0.2, 0.25) is 0 Å². The Morgan fingerprint density at radius 2 is 1.88 bits per heavy atom. The first-order valence-corrected chi connectivity index (χ1v) is 8.84. The predicted octanol–water partition coefficient (Wildman–Crippen LogP) is 1.91. The maximum Gasteiger partial charge on any atom is 0.248 e. The quantitative estimate of drug-likeness (QED) is 0.875. The highest BCUT2D eigenvalue weighted by Gasteiger charge is 2.42. The van der Waals surface area contributed by atoms with Gasteiger partial charge in [-0.2, -0.15) is 5.10 Å². The summed E-state index contributed by atoms with van der Waals surface area (Å²) < 4.78 is 1.85. The van der Waals surface area contributed by atoms with Crippen molar-refractivity contribution in [3.05, 3.63) is 53.9 Å². The second-order valence-corrected chi connectivity index (χ2v) is 6.99. The lowest BCUT2D eigenvalue weighted by atomic mass is 9.87. The van der Waals surface area contributed by atoms with E-state index in [2.05, 4.69) is 40.0 Å². The lowest BCUT2D eigenvalue weighted by Gasteiger charge is -2.36. The third-order valence-electron chi connectivity index (χ3n) is 5.48. The number of carbonyl (C=O) groups is 1. The van der Waals surface area contributed by atoms with E-state index in [0.717, 1.165) is 45.3 Å². The molecule has 4 rings (SSSR count). The van der Waals surface area contributed by atoms with Crippen molar-refractivity contribution in [3.63, 3.8) is 0 Å². The van der Waals surface area contributed by atoms with Crippen molar-refractivity contribution in [2.75, 3.05) is 19.6 Å². The van der Waals surface area contributed by atoms with Crippen molar-refractivity contribution < 1.29 is 4.79 Å². The van der Waals surface area contributed by atoms with Gasteiger partial charge < -0.3 is 10.6 Å². The van der Waals surface area contributed by atoms with Gasteiger partial charge in [0.05, 0.1) is 0 Å². The molecule has 0 unspecified atom stereocenters. The third kappa shape index (κ3) is 3.44. The van der Waals surface area contributed by atoms with Crippen molar-refractivity contribution in [1.82, 2.24) is 20.4 Å². The van der Waals surface area contributed by atoms with Crippen LogP contribution in [0.3, 0.4) is 0 Å². The molecule has 1 amide bonds. The van der Waals surface area contributed by atoms with E-state index >= 15 is 0 Å². The molecule has 0 saturated carbocycles. The highest BCUT2D eigenvalue weighted by atomic mass is 35.5. The molecule has 5 nitrogen and oxygen atoms in total. The second kappa shape index (κ2) is 7.58. The van der Waals surface area contributed by atoms with E-state index in [4.69, 9.17) is 0 Å². The summed E-state index contributed by atoms with van der Waals surface area (Å²) in [5, 5.41) is 10.9. The van der Waals surface area contributed by atoms with Crippen LogP contribution in [0.4, 0.5) is 0 Å². The van der Waals surface area contributed by atoms with E-state index in [1.807, 2.05) is 16.9 Å². The van der Waals surface area contributed by atoms with Gasteiger partial charge in [0.25, 0.3) is 0 Å². The normalized spacial score (nSPS) is 19.0. The van der Waals surface area contributed by atoms with Crippen molar-refractivity contribution in [3.8, 4) is 0 Å². The zero-order valence-electron chi connectivity index (χ0n) is 14.3. The van der Waals surface area contributed by atoms with Gasteiger partial charge in [-0.25, -0.2) is 0 Å². The standard InChI is InChI=1S/C19H24N4O.ClH/c24-18(19(6-9-20-10-7-19)23-11-3-8-22-23)21-14-15-12-16-4-1-2-5-17(16)13-15;/h1-5,8,11,15,20H,6-7,9-10,12-14H2,(H,21,24);1H. The molecule has 6 heteroatoms. The maximum absolute atomic E-state index is 13.0. The molecular weight excluding hydrogens is 336 g/mol. The monoisotopic (exact) mass is 360 g/mol. The van der Waals surface area contributed by atoms with Crippen molar-refractivity contribution in [2.45, 2.75) is 31.2 Å². The Labute approximate surface area is 154 Å². The highest BCUT2D eigenvalue weighted by molar-refractivity contribution is 5.85. The number of fused-ring (bicyclic) bond motifs is 1. The number of nitrogens with zero attached hydrogens (tertiary/aromatic N) is 2. The molecule has 0 spiro atoms. The fraction of sp³-hybridized carbons (Fsp3) is 0.474. The van der Waals surface area contributed by atoms with Gasteiger partial charge in [0.15, 0.2) is 0 Å². The Morgan fingerprint density at radius 3 is 2.48 bits per heavy atom. The van der Waals surface area contributed by atoms with Gasteiger partial charge in [-0.05, 0) is 61.9 Å². The lowest BCUT2D eigenvalue weighted by Crippen LogP contribution is -2.55. The maximum atomic E-state index is 13.0. The van der Waals surface area contributed by atoms with Crippen LogP contribution in [-0.2, 0) is 23.2 Å². The summed E-state index contributed by atoms with van der Waals surface area (Å²) in [6.07, 6.45) is 7.36. The minimum atomic E-state index is -0.541. The molecule has 0 bridgehead atoms. The smallest absolute Gasteiger partial charge is 0.248 e. The van der Waals surface area contributed by atoms with Crippen molar-refractivity contribution >= 4 is 18.3 Å². The topological polar surface area (TPSA) is 59.0 Å². The van der Waals surface area contributed by atoms with E-state index < -0.39 is 5.54 Å². The molecular formula is C19H25ClN4O. The Balaban J connectivity index is 0.00000182. The number of amides is 1. The summed E-state index contributed by atoms with van der Waals surface area (Å²) in [5.41, 5.74) is 2.32. The molecule has 1 aromatic carbocycles. The summed E-state index contributed by atoms with van der Waals surface area (Å²) >= 11 is 0. The molecule has 2 N–H and O–H groups in total. The number of rotatable bonds is 4. The SMILES string of the molecule is Cl.O=C(NCC1Cc2ccccc2C1)C1(n2cccn2)CCNCC1. The zero-order chi connectivity index (χ0) is 16.4. The summed E-state index contributed by atoms with van der Waals surface area (Å²) in [6, 6.07) is 10.5. The molecule has 1 aliphatic heterocycles. The van der Waals surface area contributed by atoms with E-state index in [9.17, 15) is 4.79 Å². The van der Waals surface area contributed by atoms with Crippen LogP contribution in [0.1, 0.15) is 24.0 Å². The Kier molecular flexibility index (Phi) is 5.45. The van der Waals surface area contributed by atoms with E-state index in [-0.39, 0.29) is 18.3 Å². The molecule has 0 radical (unpaired) electrons. The van der Waals surface area contributed by atoms with Gasteiger partial charge in [-0.3, -0.25) is 9.48 Å². The summed E-state index contributed by atoms with van der Waals surface area (Å²) in [5.74, 6) is 0.617. The third-order valence-corrected chi connectivity index (χ3v) is 5.48. The summed E-state index contributed by atoms with van der Waals surface area (Å²) in [6.45, 7) is 2.44. The first kappa shape index (κ1) is 18.0. The van der Waals surface area contributed by atoms with Crippen LogP contribution in [0.5, 0.6) is 0 Å². The van der Waals surface area contributed by atoms with E-state index in [1.165, 1.54) is 11.1 Å². The van der Waals surface area contributed by atoms with Crippen LogP contribution >= 0.6 is 12.4 Å². The first-order chi connectivity index (χ1) is 11.8. The fourth-order valence-corrected chi connectivity index (χ4v) is 4.12. The zero-order valence-corrected chi connectivity index (χ0v) is 15.1. The Bertz CT molecular complexity index is 685. The number of piperidine rings is 1. The first-order valence-electron chi connectivity index (χ1n) is 8.84. The molecule has 1 saturated heterocycles. The number of hydrogen-bond donors (Lipinski definition) is 2. The van der Waals surface area contributed by atoms with Gasteiger partial charge in [0.1, 0.15) is 5.54 Å². The molecule has 0 atom stereocenters. The Morgan fingerprint density at radius 1 is 1.20 bits per heavy atom. The molecule has 2 aromatic rings. The molecule has 1 aromatic heterocycles. The van der Waals surface area contributed by atoms with Crippen LogP contribution in [0.25, 0.3) is 0 Å². The molecule has 2 heterocycles. The molecule has 25 heavy (non-hydrogen) atoms. The number of benzene rings is 1. The van der Waals surface area contributed by atoms with E-state index in [0.29, 0.717) is 5.92 Å². The van der Waals surface area contributed by atoms with Crippen LogP contribution < -0.4 is 10.6 Å². The minimum absolute atomic E-state index is 0. The number of nitrogens with one attached hydrogen (secondary N) is 2. The Hall–Kier alpha value is -1.85. The van der Waals surface area contributed by atoms with Crippen LogP contribution in [0, 0.1) is 5.92 Å². The average Bonchev–Trinajstić information content (AvgIpc) is 3.29. The van der Waals surface area contributed by atoms with Crippen molar-refractivity contribution in [1.29, 1.82) is 0 Å². The largest absolute Gasteiger partial charge is 0.354 e. The summed E-state index contributed by atoms with van der Waals surface area (Å²) in [4.78, 5) is 13.0. The molecule has 2 aliphatic rings. The van der Waals surface area contributed by atoms with E-state index in [1.54, 1.807) is 6.20 Å². The van der Waals surface area contributed by atoms with Gasteiger partial charge >= 0.3 is 0 Å². The number of carbonyl (C=O) groups excluding carboxylic acids is 1. The number of halogens is 1. The highest BCUT2D eigenvalue weighted by Crippen LogP contribution is 2.29. The van der Waals surface area contributed by atoms with Gasteiger partial charge in [0.2, 0.25) is 5.91 Å². The molecule has 134 valence electrons.